The molecule has 1 saturated heterocycles. The molecule has 1 heterocycles. The molecule has 0 aliphatic carbocycles. The van der Waals surface area contributed by atoms with Gasteiger partial charge in [-0.2, -0.15) is 0 Å². The van der Waals surface area contributed by atoms with Crippen LogP contribution in [-0.4, -0.2) is 84.8 Å². The van der Waals surface area contributed by atoms with Crippen LogP contribution in [0.1, 0.15) is 65.7 Å². The number of esters is 1. The van der Waals surface area contributed by atoms with E-state index >= 15 is 0 Å². The Morgan fingerprint density at radius 2 is 1.50 bits per heavy atom. The average molecular weight is 426 g/mol. The summed E-state index contributed by atoms with van der Waals surface area (Å²) in [5, 5.41) is 0. The molecule has 1 rings (SSSR count). The summed E-state index contributed by atoms with van der Waals surface area (Å²) in [5.74, 6) is -0.486. The summed E-state index contributed by atoms with van der Waals surface area (Å²) in [6.07, 6.45) is 4.14. The maximum Gasteiger partial charge on any atom is 0.309 e. The van der Waals surface area contributed by atoms with E-state index in [4.69, 9.17) is 4.74 Å². The molecule has 0 atom stereocenters. The van der Waals surface area contributed by atoms with Crippen LogP contribution in [0.15, 0.2) is 0 Å². The van der Waals surface area contributed by atoms with E-state index in [2.05, 4.69) is 0 Å². The van der Waals surface area contributed by atoms with E-state index in [1.807, 2.05) is 18.7 Å². The van der Waals surface area contributed by atoms with Crippen LogP contribution in [0.3, 0.4) is 0 Å². The first-order valence-corrected chi connectivity index (χ1v) is 11.3. The lowest BCUT2D eigenvalue weighted by Gasteiger charge is -2.32. The Labute approximate surface area is 180 Å². The molecule has 1 fully saturated rings. The van der Waals surface area contributed by atoms with Crippen molar-refractivity contribution in [3.05, 3.63) is 0 Å². The highest BCUT2D eigenvalue weighted by Crippen LogP contribution is 2.19. The van der Waals surface area contributed by atoms with Crippen molar-refractivity contribution >= 4 is 23.7 Å². The van der Waals surface area contributed by atoms with Gasteiger partial charge in [0.1, 0.15) is 0 Å². The van der Waals surface area contributed by atoms with E-state index < -0.39 is 0 Å². The second-order valence-corrected chi connectivity index (χ2v) is 7.89. The van der Waals surface area contributed by atoms with Gasteiger partial charge in [0.05, 0.1) is 19.1 Å². The van der Waals surface area contributed by atoms with Crippen LogP contribution in [0, 0.1) is 5.92 Å². The van der Waals surface area contributed by atoms with Crippen molar-refractivity contribution in [2.45, 2.75) is 65.7 Å². The number of likely N-dealkylation sites (N-methyl/N-ethyl adjacent to an activating group) is 1. The number of ether oxygens (including phenoxy) is 1. The number of hydrogen-bond acceptors (Lipinski definition) is 5. The minimum Gasteiger partial charge on any atom is -0.466 e. The van der Waals surface area contributed by atoms with Gasteiger partial charge < -0.3 is 19.4 Å². The first-order chi connectivity index (χ1) is 14.3. The van der Waals surface area contributed by atoms with Crippen molar-refractivity contribution in [2.75, 3.05) is 46.4 Å². The number of rotatable bonds is 12. The molecule has 8 nitrogen and oxygen atoms in total. The third-order valence-electron chi connectivity index (χ3n) is 5.39. The first-order valence-electron chi connectivity index (χ1n) is 11.3. The Kier molecular flexibility index (Phi) is 12.1. The Bertz CT molecular complexity index is 567. The molecule has 172 valence electrons. The molecular formula is C22H39N3O5. The predicted molar refractivity (Wildman–Crippen MR) is 115 cm³/mol. The number of hydrogen-bond donors (Lipinski definition) is 0. The molecule has 0 bridgehead atoms. The molecule has 0 saturated carbocycles. The van der Waals surface area contributed by atoms with Crippen molar-refractivity contribution in [1.82, 2.24) is 14.7 Å². The van der Waals surface area contributed by atoms with E-state index in [9.17, 15) is 19.2 Å². The quantitative estimate of drug-likeness (QED) is 0.447. The van der Waals surface area contributed by atoms with Gasteiger partial charge in [-0.25, -0.2) is 0 Å². The molecule has 3 amide bonds. The minimum atomic E-state index is -0.192. The summed E-state index contributed by atoms with van der Waals surface area (Å²) < 4.78 is 5.05. The third-order valence-corrected chi connectivity index (χ3v) is 5.39. The van der Waals surface area contributed by atoms with Crippen molar-refractivity contribution < 1.29 is 23.9 Å². The molecule has 0 unspecified atom stereocenters. The molecule has 0 spiro atoms. The highest BCUT2D eigenvalue weighted by atomic mass is 16.5. The summed E-state index contributed by atoms with van der Waals surface area (Å²) in [4.78, 5) is 53.9. The van der Waals surface area contributed by atoms with E-state index in [-0.39, 0.29) is 42.6 Å². The van der Waals surface area contributed by atoms with Gasteiger partial charge in [0.2, 0.25) is 17.7 Å². The van der Waals surface area contributed by atoms with Crippen molar-refractivity contribution in [1.29, 1.82) is 0 Å². The summed E-state index contributed by atoms with van der Waals surface area (Å²) >= 11 is 0. The van der Waals surface area contributed by atoms with E-state index in [1.54, 1.807) is 18.9 Å². The highest BCUT2D eigenvalue weighted by Gasteiger charge is 2.29. The minimum absolute atomic E-state index is 0.0225. The molecule has 0 radical (unpaired) electrons. The number of amides is 3. The summed E-state index contributed by atoms with van der Waals surface area (Å²) in [6.45, 7) is 8.78. The lowest BCUT2D eigenvalue weighted by Crippen LogP contribution is -2.45. The molecular weight excluding hydrogens is 386 g/mol. The van der Waals surface area contributed by atoms with Crippen LogP contribution in [0.25, 0.3) is 0 Å². The normalized spacial score (nSPS) is 14.3. The summed E-state index contributed by atoms with van der Waals surface area (Å²) in [5.41, 5.74) is 0. The van der Waals surface area contributed by atoms with Crippen molar-refractivity contribution in [3.63, 3.8) is 0 Å². The fraction of sp³-hybridized carbons (Fsp3) is 0.818. The molecule has 0 aromatic rings. The molecule has 8 heteroatoms. The Hall–Kier alpha value is -2.12. The number of piperidine rings is 1. The van der Waals surface area contributed by atoms with Crippen LogP contribution >= 0.6 is 0 Å². The van der Waals surface area contributed by atoms with Gasteiger partial charge in [-0.05, 0) is 39.0 Å². The second-order valence-electron chi connectivity index (χ2n) is 7.89. The van der Waals surface area contributed by atoms with Crippen LogP contribution in [-0.2, 0) is 23.9 Å². The van der Waals surface area contributed by atoms with Gasteiger partial charge in [-0.1, -0.05) is 13.8 Å². The van der Waals surface area contributed by atoms with Crippen LogP contribution in [0.2, 0.25) is 0 Å². The topological polar surface area (TPSA) is 87.2 Å². The maximum atomic E-state index is 12.5. The monoisotopic (exact) mass is 425 g/mol. The smallest absolute Gasteiger partial charge is 0.309 e. The van der Waals surface area contributed by atoms with Crippen molar-refractivity contribution in [3.8, 4) is 0 Å². The van der Waals surface area contributed by atoms with Crippen molar-refractivity contribution in [2.24, 2.45) is 5.92 Å². The van der Waals surface area contributed by atoms with Gasteiger partial charge in [0, 0.05) is 46.1 Å². The highest BCUT2D eigenvalue weighted by molar-refractivity contribution is 5.85. The molecule has 0 aromatic carbocycles. The third kappa shape index (κ3) is 8.71. The molecule has 0 aromatic heterocycles. The van der Waals surface area contributed by atoms with E-state index in [1.165, 1.54) is 4.90 Å². The van der Waals surface area contributed by atoms with Gasteiger partial charge in [0.15, 0.2) is 0 Å². The zero-order valence-corrected chi connectivity index (χ0v) is 19.2. The number of carbonyl (C=O) groups excluding carboxylic acids is 4. The van der Waals surface area contributed by atoms with E-state index in [0.29, 0.717) is 45.4 Å². The molecule has 30 heavy (non-hydrogen) atoms. The largest absolute Gasteiger partial charge is 0.466 e. The Morgan fingerprint density at radius 1 is 0.933 bits per heavy atom. The number of carbonyl (C=O) groups is 4. The standard InChI is InChI=1S/C22H39N3O5/c1-5-13-24(14-6-2)20(27)10-8-9-19(26)23(4)17-21(28)25-15-11-18(12-16-25)22(29)30-7-3/h18H,5-17H2,1-4H3. The molecule has 1 aliphatic heterocycles. The zero-order chi connectivity index (χ0) is 22.5. The molecule has 0 N–H and O–H groups in total. The van der Waals surface area contributed by atoms with Crippen LogP contribution in [0.5, 0.6) is 0 Å². The predicted octanol–water partition coefficient (Wildman–Crippen LogP) is 2.07. The van der Waals surface area contributed by atoms with Crippen LogP contribution in [0.4, 0.5) is 0 Å². The lowest BCUT2D eigenvalue weighted by molar-refractivity contribution is -0.151. The van der Waals surface area contributed by atoms with Gasteiger partial charge >= 0.3 is 5.97 Å². The fourth-order valence-electron chi connectivity index (χ4n) is 3.66. The summed E-state index contributed by atoms with van der Waals surface area (Å²) in [7, 11) is 1.62. The van der Waals surface area contributed by atoms with Gasteiger partial charge in [-0.3, -0.25) is 19.2 Å². The summed E-state index contributed by atoms with van der Waals surface area (Å²) in [6, 6.07) is 0. The van der Waals surface area contributed by atoms with Gasteiger partial charge in [-0.15, -0.1) is 0 Å². The zero-order valence-electron chi connectivity index (χ0n) is 19.2. The molecule has 1 aliphatic rings. The number of likely N-dealkylation sites (tertiary alicyclic amines) is 1. The second kappa shape index (κ2) is 14.0. The van der Waals surface area contributed by atoms with Gasteiger partial charge in [0.25, 0.3) is 0 Å². The maximum absolute atomic E-state index is 12.5. The van der Waals surface area contributed by atoms with Crippen LogP contribution < -0.4 is 0 Å². The number of nitrogens with zero attached hydrogens (tertiary/aromatic N) is 3. The lowest BCUT2D eigenvalue weighted by atomic mass is 9.97. The van der Waals surface area contributed by atoms with E-state index in [0.717, 1.165) is 25.9 Å². The average Bonchev–Trinajstić information content (AvgIpc) is 2.73. The first kappa shape index (κ1) is 25.9. The SMILES string of the molecule is CCCN(CCC)C(=O)CCCC(=O)N(C)CC(=O)N1CCC(C(=O)OCC)CC1. The Morgan fingerprint density at radius 3 is 2.03 bits per heavy atom. The Balaban J connectivity index is 2.34. The fourth-order valence-corrected chi connectivity index (χ4v) is 3.66.